The Morgan fingerprint density at radius 1 is 1.13 bits per heavy atom. The van der Waals surface area contributed by atoms with E-state index in [1.54, 1.807) is 37.5 Å². The van der Waals surface area contributed by atoms with Crippen molar-refractivity contribution < 1.29 is 14.9 Å². The quantitative estimate of drug-likeness (QED) is 0.737. The number of methoxy groups -OCH3 is 1. The van der Waals surface area contributed by atoms with Gasteiger partial charge in [0, 0.05) is 11.5 Å². The standard InChI is InChI=1S/C20H22O3/c1-3-16(19-14-18(23-2)12-13-20(19)22)7-5-4-6-15-8-10-17(21)11-9-15/h3,5,7-14,16,21-22H,1,4,6H2,2H3. The van der Waals surface area contributed by atoms with Gasteiger partial charge in [0.05, 0.1) is 7.11 Å². The molecule has 1 atom stereocenters. The molecule has 2 aromatic carbocycles. The third-order valence-corrected chi connectivity index (χ3v) is 3.73. The highest BCUT2D eigenvalue weighted by molar-refractivity contribution is 5.44. The highest BCUT2D eigenvalue weighted by atomic mass is 16.5. The van der Waals surface area contributed by atoms with Crippen LogP contribution in [0.3, 0.4) is 0 Å². The second-order valence-electron chi connectivity index (χ2n) is 5.32. The van der Waals surface area contributed by atoms with Gasteiger partial charge in [-0.2, -0.15) is 0 Å². The molecule has 0 aliphatic carbocycles. The van der Waals surface area contributed by atoms with Crippen LogP contribution in [0.4, 0.5) is 0 Å². The van der Waals surface area contributed by atoms with Crippen molar-refractivity contribution in [1.82, 2.24) is 0 Å². The lowest BCUT2D eigenvalue weighted by Gasteiger charge is -2.12. The van der Waals surface area contributed by atoms with Crippen molar-refractivity contribution in [2.24, 2.45) is 0 Å². The molecule has 2 aromatic rings. The van der Waals surface area contributed by atoms with Crippen molar-refractivity contribution in [3.05, 3.63) is 78.4 Å². The summed E-state index contributed by atoms with van der Waals surface area (Å²) in [5, 5.41) is 19.3. The van der Waals surface area contributed by atoms with Crippen LogP contribution in [0.1, 0.15) is 23.5 Å². The Labute approximate surface area is 137 Å². The fourth-order valence-electron chi connectivity index (χ4n) is 2.39. The van der Waals surface area contributed by atoms with Gasteiger partial charge >= 0.3 is 0 Å². The Balaban J connectivity index is 2.01. The lowest BCUT2D eigenvalue weighted by molar-refractivity contribution is 0.410. The molecule has 120 valence electrons. The molecule has 0 saturated carbocycles. The predicted octanol–water partition coefficient (Wildman–Crippen LogP) is 4.57. The molecule has 0 spiro atoms. The monoisotopic (exact) mass is 310 g/mol. The van der Waals surface area contributed by atoms with Crippen LogP contribution in [0, 0.1) is 0 Å². The number of phenolic OH excluding ortho intramolecular Hbond substituents is 2. The molecule has 3 heteroatoms. The van der Waals surface area contributed by atoms with Crippen molar-refractivity contribution in [3.8, 4) is 17.2 Å². The molecule has 2 rings (SSSR count). The summed E-state index contributed by atoms with van der Waals surface area (Å²) in [5.41, 5.74) is 1.95. The van der Waals surface area contributed by atoms with Crippen LogP contribution in [0.5, 0.6) is 17.2 Å². The summed E-state index contributed by atoms with van der Waals surface area (Å²) in [6, 6.07) is 12.4. The van der Waals surface area contributed by atoms with E-state index in [9.17, 15) is 10.2 Å². The lowest BCUT2D eigenvalue weighted by Crippen LogP contribution is -1.94. The Bertz CT molecular complexity index is 672. The number of aromatic hydroxyl groups is 2. The van der Waals surface area contributed by atoms with Gasteiger partial charge in [-0.05, 0) is 48.7 Å². The minimum Gasteiger partial charge on any atom is -0.508 e. The van der Waals surface area contributed by atoms with Crippen LogP contribution >= 0.6 is 0 Å². The van der Waals surface area contributed by atoms with E-state index in [1.165, 1.54) is 5.56 Å². The van der Waals surface area contributed by atoms with Gasteiger partial charge in [-0.3, -0.25) is 0 Å². The van der Waals surface area contributed by atoms with Crippen LogP contribution in [0.2, 0.25) is 0 Å². The van der Waals surface area contributed by atoms with Gasteiger partial charge < -0.3 is 14.9 Å². The second-order valence-corrected chi connectivity index (χ2v) is 5.32. The maximum absolute atomic E-state index is 10.0. The highest BCUT2D eigenvalue weighted by Gasteiger charge is 2.10. The van der Waals surface area contributed by atoms with Crippen molar-refractivity contribution in [2.75, 3.05) is 7.11 Å². The molecule has 0 heterocycles. The van der Waals surface area contributed by atoms with Crippen LogP contribution < -0.4 is 4.74 Å². The average Bonchev–Trinajstić information content (AvgIpc) is 2.57. The Morgan fingerprint density at radius 2 is 1.87 bits per heavy atom. The van der Waals surface area contributed by atoms with E-state index in [-0.39, 0.29) is 17.4 Å². The van der Waals surface area contributed by atoms with Crippen LogP contribution in [0.15, 0.2) is 67.3 Å². The number of phenols is 2. The van der Waals surface area contributed by atoms with E-state index in [4.69, 9.17) is 4.74 Å². The third-order valence-electron chi connectivity index (χ3n) is 3.73. The second kappa shape index (κ2) is 8.08. The number of ether oxygens (including phenoxy) is 1. The topological polar surface area (TPSA) is 49.7 Å². The molecule has 0 bridgehead atoms. The first-order valence-electron chi connectivity index (χ1n) is 7.58. The van der Waals surface area contributed by atoms with Crippen molar-refractivity contribution >= 4 is 0 Å². The molecule has 2 N–H and O–H groups in total. The van der Waals surface area contributed by atoms with Gasteiger partial charge in [-0.1, -0.05) is 30.4 Å². The Hall–Kier alpha value is -2.68. The first-order chi connectivity index (χ1) is 11.1. The molecule has 0 saturated heterocycles. The van der Waals surface area contributed by atoms with Crippen LogP contribution in [0.25, 0.3) is 0 Å². The van der Waals surface area contributed by atoms with Gasteiger partial charge in [0.2, 0.25) is 0 Å². The molecule has 0 radical (unpaired) electrons. The Kier molecular flexibility index (Phi) is 5.87. The molecular formula is C20H22O3. The maximum atomic E-state index is 10.0. The summed E-state index contributed by atoms with van der Waals surface area (Å²) >= 11 is 0. The summed E-state index contributed by atoms with van der Waals surface area (Å²) in [6.45, 7) is 3.85. The minimum absolute atomic E-state index is 0.0649. The SMILES string of the molecule is C=CC(C=CCCc1ccc(O)cc1)c1cc(OC)ccc1O. The number of hydrogen-bond acceptors (Lipinski definition) is 3. The van der Waals surface area contributed by atoms with E-state index in [0.29, 0.717) is 5.75 Å². The van der Waals surface area contributed by atoms with Gasteiger partial charge in [-0.15, -0.1) is 6.58 Å². The molecule has 0 aliphatic heterocycles. The van der Waals surface area contributed by atoms with E-state index >= 15 is 0 Å². The van der Waals surface area contributed by atoms with Gasteiger partial charge in [0.15, 0.2) is 0 Å². The molecule has 0 aromatic heterocycles. The van der Waals surface area contributed by atoms with E-state index in [0.717, 1.165) is 18.4 Å². The van der Waals surface area contributed by atoms with Crippen molar-refractivity contribution in [3.63, 3.8) is 0 Å². The summed E-state index contributed by atoms with van der Waals surface area (Å²) in [6.07, 6.45) is 7.68. The number of hydrogen-bond donors (Lipinski definition) is 2. The summed E-state index contributed by atoms with van der Waals surface area (Å²) in [7, 11) is 1.60. The summed E-state index contributed by atoms with van der Waals surface area (Å²) in [4.78, 5) is 0. The molecule has 1 unspecified atom stereocenters. The van der Waals surface area contributed by atoms with Crippen LogP contribution in [-0.4, -0.2) is 17.3 Å². The van der Waals surface area contributed by atoms with E-state index < -0.39 is 0 Å². The summed E-state index contributed by atoms with van der Waals surface area (Å²) in [5.74, 6) is 1.16. The molecule has 0 fully saturated rings. The number of rotatable bonds is 7. The molecule has 3 nitrogen and oxygen atoms in total. The predicted molar refractivity (Wildman–Crippen MR) is 93.2 cm³/mol. The number of allylic oxidation sites excluding steroid dienone is 3. The van der Waals surface area contributed by atoms with Gasteiger partial charge in [0.25, 0.3) is 0 Å². The highest BCUT2D eigenvalue weighted by Crippen LogP contribution is 2.31. The van der Waals surface area contributed by atoms with Crippen LogP contribution in [-0.2, 0) is 6.42 Å². The first-order valence-corrected chi connectivity index (χ1v) is 7.58. The number of aryl methyl sites for hydroxylation is 1. The fraction of sp³-hybridized carbons (Fsp3) is 0.200. The molecule has 23 heavy (non-hydrogen) atoms. The zero-order valence-corrected chi connectivity index (χ0v) is 13.3. The molecular weight excluding hydrogens is 288 g/mol. The Morgan fingerprint density at radius 3 is 2.52 bits per heavy atom. The summed E-state index contributed by atoms with van der Waals surface area (Å²) < 4.78 is 5.21. The van der Waals surface area contributed by atoms with Crippen molar-refractivity contribution in [2.45, 2.75) is 18.8 Å². The largest absolute Gasteiger partial charge is 0.508 e. The fourth-order valence-corrected chi connectivity index (χ4v) is 2.39. The first kappa shape index (κ1) is 16.7. The van der Waals surface area contributed by atoms with E-state index in [1.807, 2.05) is 24.3 Å². The zero-order chi connectivity index (χ0) is 16.7. The lowest BCUT2D eigenvalue weighted by atomic mass is 9.96. The third kappa shape index (κ3) is 4.65. The minimum atomic E-state index is -0.0649. The van der Waals surface area contributed by atoms with Gasteiger partial charge in [0.1, 0.15) is 17.2 Å². The normalized spacial score (nSPS) is 12.2. The molecule has 0 aliphatic rings. The van der Waals surface area contributed by atoms with E-state index in [2.05, 4.69) is 12.7 Å². The van der Waals surface area contributed by atoms with Crippen molar-refractivity contribution in [1.29, 1.82) is 0 Å². The zero-order valence-electron chi connectivity index (χ0n) is 13.3. The molecule has 0 amide bonds. The average molecular weight is 310 g/mol. The number of benzene rings is 2. The smallest absolute Gasteiger partial charge is 0.119 e. The van der Waals surface area contributed by atoms with Gasteiger partial charge in [-0.25, -0.2) is 0 Å². The maximum Gasteiger partial charge on any atom is 0.119 e.